The minimum Gasteiger partial charge on any atom is -0.261 e. The van der Waals surface area contributed by atoms with Crippen molar-refractivity contribution in [2.24, 2.45) is 15.0 Å². The Morgan fingerprint density at radius 3 is 1.81 bits per heavy atom. The van der Waals surface area contributed by atoms with Crippen LogP contribution in [0.4, 0.5) is 0 Å². The van der Waals surface area contributed by atoms with Crippen molar-refractivity contribution in [3.63, 3.8) is 0 Å². The molecule has 0 saturated carbocycles. The van der Waals surface area contributed by atoms with Gasteiger partial charge in [-0.1, -0.05) is 88.7 Å². The number of hydrogen-bond donors (Lipinski definition) is 0. The van der Waals surface area contributed by atoms with E-state index in [1.54, 1.807) is 0 Å². The molecule has 3 nitrogen and oxygen atoms in total. The molecule has 3 aromatic rings. The van der Waals surface area contributed by atoms with Crippen LogP contribution in [0.3, 0.4) is 0 Å². The molecular weight excluding hydrogens is 386 g/mol. The first-order chi connectivity index (χ1) is 12.8. The molecule has 0 atom stereocenters. The Balaban J connectivity index is 1.98. The van der Waals surface area contributed by atoms with Gasteiger partial charge >= 0.3 is 0 Å². The Morgan fingerprint density at radius 1 is 0.731 bits per heavy atom. The first-order valence-corrected chi connectivity index (χ1v) is 9.01. The minimum absolute atomic E-state index is 0.542. The van der Waals surface area contributed by atoms with E-state index in [0.717, 1.165) is 21.2 Å². The molecule has 0 spiro atoms. The molecule has 0 heterocycles. The third-order valence-corrected chi connectivity index (χ3v) is 4.28. The number of aliphatic imine (C=N–C) groups is 3. The Kier molecular flexibility index (Phi) is 6.23. The number of amidine groups is 2. The third-order valence-electron chi connectivity index (χ3n) is 3.75. The highest BCUT2D eigenvalue weighted by Crippen LogP contribution is 2.13. The van der Waals surface area contributed by atoms with Crippen molar-refractivity contribution in [2.75, 3.05) is 0 Å². The normalized spacial score (nSPS) is 12.0. The number of hydrogen-bond acceptors (Lipinski definition) is 1. The highest BCUT2D eigenvalue weighted by atomic mass is 79.9. The lowest BCUT2D eigenvalue weighted by Gasteiger charge is -2.06. The molecule has 0 saturated heterocycles. The quantitative estimate of drug-likeness (QED) is 0.404. The zero-order valence-corrected chi connectivity index (χ0v) is 15.8. The van der Waals surface area contributed by atoms with Crippen molar-refractivity contribution in [1.82, 2.24) is 0 Å². The topological polar surface area (TPSA) is 37.1 Å². The van der Waals surface area contributed by atoms with Gasteiger partial charge in [0.15, 0.2) is 11.7 Å². The van der Waals surface area contributed by atoms with E-state index in [4.69, 9.17) is 9.98 Å². The van der Waals surface area contributed by atoms with Crippen LogP contribution < -0.4 is 0 Å². The van der Waals surface area contributed by atoms with Gasteiger partial charge in [-0.15, -0.1) is 0 Å². The van der Waals surface area contributed by atoms with Gasteiger partial charge in [-0.3, -0.25) is 4.99 Å². The number of rotatable bonds is 4. The molecule has 0 aliphatic heterocycles. The number of halogens is 1. The van der Waals surface area contributed by atoms with E-state index in [1.165, 1.54) is 0 Å². The van der Waals surface area contributed by atoms with E-state index in [2.05, 4.69) is 27.6 Å². The molecule has 128 valence electrons. The Labute approximate surface area is 162 Å². The second kappa shape index (κ2) is 9.02. The zero-order chi connectivity index (χ0) is 18.2. The first kappa shape index (κ1) is 18.0. The molecule has 0 N–H and O–H groups in total. The molecule has 26 heavy (non-hydrogen) atoms. The highest BCUT2D eigenvalue weighted by Gasteiger charge is 2.06. The lowest BCUT2D eigenvalue weighted by atomic mass is 10.2. The number of benzene rings is 3. The SMILES string of the molecule is C=N/C(=N\C(=N/Cc1ccc(Br)cc1)c1ccccc1)c1ccccc1. The van der Waals surface area contributed by atoms with Gasteiger partial charge < -0.3 is 0 Å². The molecule has 3 aromatic carbocycles. The fourth-order valence-electron chi connectivity index (χ4n) is 2.41. The van der Waals surface area contributed by atoms with Gasteiger partial charge in [-0.05, 0) is 24.4 Å². The average Bonchev–Trinajstić information content (AvgIpc) is 2.71. The van der Waals surface area contributed by atoms with Crippen molar-refractivity contribution in [2.45, 2.75) is 6.54 Å². The molecule has 0 bridgehead atoms. The Hall–Kier alpha value is -2.85. The monoisotopic (exact) mass is 403 g/mol. The summed E-state index contributed by atoms with van der Waals surface area (Å²) >= 11 is 3.45. The van der Waals surface area contributed by atoms with Gasteiger partial charge in [0.05, 0.1) is 6.54 Å². The van der Waals surface area contributed by atoms with Crippen LogP contribution in [-0.2, 0) is 6.54 Å². The molecule has 4 heteroatoms. The average molecular weight is 404 g/mol. The third kappa shape index (κ3) is 4.83. The van der Waals surface area contributed by atoms with E-state index in [9.17, 15) is 0 Å². The van der Waals surface area contributed by atoms with Gasteiger partial charge in [-0.2, -0.15) is 0 Å². The van der Waals surface area contributed by atoms with Crippen LogP contribution in [0.25, 0.3) is 0 Å². The maximum atomic E-state index is 4.73. The van der Waals surface area contributed by atoms with Crippen molar-refractivity contribution < 1.29 is 0 Å². The summed E-state index contributed by atoms with van der Waals surface area (Å²) in [5.74, 6) is 1.20. The van der Waals surface area contributed by atoms with E-state index in [1.807, 2.05) is 84.9 Å². The van der Waals surface area contributed by atoms with Gasteiger partial charge in [0.1, 0.15) is 0 Å². The summed E-state index contributed by atoms with van der Waals surface area (Å²) in [6.07, 6.45) is 0. The Morgan fingerprint density at radius 2 is 1.27 bits per heavy atom. The molecule has 0 aliphatic rings. The molecule has 0 aliphatic carbocycles. The van der Waals surface area contributed by atoms with E-state index in [-0.39, 0.29) is 0 Å². The Bertz CT molecular complexity index is 915. The second-order valence-electron chi connectivity index (χ2n) is 5.59. The van der Waals surface area contributed by atoms with Crippen LogP contribution in [0.5, 0.6) is 0 Å². The van der Waals surface area contributed by atoms with Crippen molar-refractivity contribution in [1.29, 1.82) is 0 Å². The van der Waals surface area contributed by atoms with Crippen molar-refractivity contribution in [3.05, 3.63) is 106 Å². The molecule has 0 amide bonds. The predicted molar refractivity (Wildman–Crippen MR) is 113 cm³/mol. The zero-order valence-electron chi connectivity index (χ0n) is 14.2. The van der Waals surface area contributed by atoms with Crippen molar-refractivity contribution >= 4 is 34.3 Å². The minimum atomic E-state index is 0.542. The van der Waals surface area contributed by atoms with Gasteiger partial charge in [0.2, 0.25) is 0 Å². The summed E-state index contributed by atoms with van der Waals surface area (Å²) in [6.45, 7) is 4.21. The lowest BCUT2D eigenvalue weighted by Crippen LogP contribution is -2.05. The molecule has 3 rings (SSSR count). The van der Waals surface area contributed by atoms with Gasteiger partial charge in [-0.25, -0.2) is 9.98 Å². The fraction of sp³-hybridized carbons (Fsp3) is 0.0455. The summed E-state index contributed by atoms with van der Waals surface area (Å²) in [5, 5.41) is 0. The summed E-state index contributed by atoms with van der Waals surface area (Å²) < 4.78 is 1.05. The molecule has 0 aromatic heterocycles. The molecular formula is C22H18BrN3. The summed E-state index contributed by atoms with van der Waals surface area (Å²) in [5.41, 5.74) is 2.97. The van der Waals surface area contributed by atoms with E-state index in [0.29, 0.717) is 18.2 Å². The smallest absolute Gasteiger partial charge is 0.161 e. The maximum absolute atomic E-state index is 4.73. The largest absolute Gasteiger partial charge is 0.261 e. The molecule has 0 unspecified atom stereocenters. The first-order valence-electron chi connectivity index (χ1n) is 8.21. The van der Waals surface area contributed by atoms with Crippen LogP contribution in [0.1, 0.15) is 16.7 Å². The van der Waals surface area contributed by atoms with E-state index < -0.39 is 0 Å². The predicted octanol–water partition coefficient (Wildman–Crippen LogP) is 5.54. The summed E-state index contributed by atoms with van der Waals surface area (Å²) in [4.78, 5) is 13.5. The summed E-state index contributed by atoms with van der Waals surface area (Å²) in [7, 11) is 0. The summed E-state index contributed by atoms with van der Waals surface area (Å²) in [6, 6.07) is 27.8. The van der Waals surface area contributed by atoms with Gasteiger partial charge in [0, 0.05) is 15.6 Å². The van der Waals surface area contributed by atoms with Crippen LogP contribution in [0.2, 0.25) is 0 Å². The second-order valence-corrected chi connectivity index (χ2v) is 6.51. The van der Waals surface area contributed by atoms with Gasteiger partial charge in [0.25, 0.3) is 0 Å². The van der Waals surface area contributed by atoms with E-state index >= 15 is 0 Å². The highest BCUT2D eigenvalue weighted by molar-refractivity contribution is 9.10. The van der Waals surface area contributed by atoms with Crippen molar-refractivity contribution in [3.8, 4) is 0 Å². The fourth-order valence-corrected chi connectivity index (χ4v) is 2.68. The molecule has 0 fully saturated rings. The lowest BCUT2D eigenvalue weighted by molar-refractivity contribution is 1.06. The van der Waals surface area contributed by atoms with Crippen LogP contribution in [0.15, 0.2) is 104 Å². The standard InChI is InChI=1S/C22H18BrN3/c1-24-21(18-8-4-2-5-9-18)26-22(19-10-6-3-7-11-19)25-16-17-12-14-20(23)15-13-17/h2-15H,1,16H2/b25-22-,26-21-. The van der Waals surface area contributed by atoms with Crippen LogP contribution in [0, 0.1) is 0 Å². The maximum Gasteiger partial charge on any atom is 0.161 e. The number of nitrogens with zero attached hydrogens (tertiary/aromatic N) is 3. The van der Waals surface area contributed by atoms with Crippen LogP contribution in [-0.4, -0.2) is 18.4 Å². The van der Waals surface area contributed by atoms with Crippen LogP contribution >= 0.6 is 15.9 Å². The molecule has 0 radical (unpaired) electrons.